The van der Waals surface area contributed by atoms with E-state index in [0.29, 0.717) is 11.4 Å². The van der Waals surface area contributed by atoms with E-state index >= 15 is 0 Å². The molecular weight excluding hydrogens is 412 g/mol. The Morgan fingerprint density at radius 1 is 0.939 bits per heavy atom. The smallest absolute Gasteiger partial charge is 0.165 e. The van der Waals surface area contributed by atoms with Crippen LogP contribution in [0.3, 0.4) is 0 Å². The second kappa shape index (κ2) is 9.17. The molecule has 2 heterocycles. The van der Waals surface area contributed by atoms with E-state index in [1.807, 2.05) is 31.2 Å². The van der Waals surface area contributed by atoms with Crippen LogP contribution in [0.15, 0.2) is 72.8 Å². The number of para-hydroxylation sites is 1. The van der Waals surface area contributed by atoms with Crippen LogP contribution in [-0.4, -0.2) is 57.4 Å². The summed E-state index contributed by atoms with van der Waals surface area (Å²) in [7, 11) is 0. The van der Waals surface area contributed by atoms with Crippen molar-refractivity contribution in [3.63, 3.8) is 0 Å². The molecule has 0 aliphatic carbocycles. The zero-order valence-electron chi connectivity index (χ0n) is 18.7. The SMILES string of the molecule is Cc1ccc2c(N3CCN(Cc4ccccc4)CC3CO)nc(-c3ccccc3O)nc2c1. The Morgan fingerprint density at radius 3 is 2.52 bits per heavy atom. The van der Waals surface area contributed by atoms with E-state index in [1.165, 1.54) is 5.56 Å². The highest BCUT2D eigenvalue weighted by Crippen LogP contribution is 2.33. The van der Waals surface area contributed by atoms with Gasteiger partial charge in [0.25, 0.3) is 0 Å². The molecule has 1 saturated heterocycles. The third-order valence-electron chi connectivity index (χ3n) is 6.28. The molecule has 1 aliphatic rings. The number of phenolic OH excluding ortho intramolecular Hbond substituents is 1. The number of fused-ring (bicyclic) bond motifs is 1. The summed E-state index contributed by atoms with van der Waals surface area (Å²) in [5.41, 5.74) is 3.82. The molecule has 3 aromatic carbocycles. The molecular formula is C27H28N4O2. The molecule has 168 valence electrons. The standard InChI is InChI=1S/C27H28N4O2/c1-19-11-12-22-24(15-19)28-26(23-9-5-6-10-25(23)33)29-27(22)31-14-13-30(17-21(31)18-32)16-20-7-3-2-4-8-20/h2-12,15,21,32-33H,13-14,16-18H2,1H3. The molecule has 1 aromatic heterocycles. The summed E-state index contributed by atoms with van der Waals surface area (Å²) < 4.78 is 0. The van der Waals surface area contributed by atoms with Crippen molar-refractivity contribution >= 4 is 16.7 Å². The van der Waals surface area contributed by atoms with Gasteiger partial charge < -0.3 is 15.1 Å². The monoisotopic (exact) mass is 440 g/mol. The van der Waals surface area contributed by atoms with Gasteiger partial charge in [-0.1, -0.05) is 48.5 Å². The van der Waals surface area contributed by atoms with Gasteiger partial charge in [0.05, 0.1) is 23.7 Å². The highest BCUT2D eigenvalue weighted by Gasteiger charge is 2.29. The first-order valence-corrected chi connectivity index (χ1v) is 11.3. The Hall–Kier alpha value is -3.48. The van der Waals surface area contributed by atoms with Crippen LogP contribution < -0.4 is 4.90 Å². The number of piperazine rings is 1. The lowest BCUT2D eigenvalue weighted by Crippen LogP contribution is -2.54. The number of aliphatic hydroxyl groups excluding tert-OH is 1. The number of anilines is 1. The maximum atomic E-state index is 10.4. The van der Waals surface area contributed by atoms with Crippen molar-refractivity contribution in [3.05, 3.63) is 83.9 Å². The molecule has 0 spiro atoms. The van der Waals surface area contributed by atoms with Crippen molar-refractivity contribution in [1.82, 2.24) is 14.9 Å². The summed E-state index contributed by atoms with van der Waals surface area (Å²) >= 11 is 0. The molecule has 33 heavy (non-hydrogen) atoms. The molecule has 0 amide bonds. The number of phenols is 1. The van der Waals surface area contributed by atoms with E-state index in [-0.39, 0.29) is 18.4 Å². The molecule has 0 bridgehead atoms. The number of aromatic nitrogens is 2. The quantitative estimate of drug-likeness (QED) is 0.489. The number of hydrogen-bond donors (Lipinski definition) is 2. The molecule has 0 radical (unpaired) electrons. The Morgan fingerprint density at radius 2 is 1.73 bits per heavy atom. The first-order valence-electron chi connectivity index (χ1n) is 11.3. The fourth-order valence-electron chi connectivity index (χ4n) is 4.56. The fraction of sp³-hybridized carbons (Fsp3) is 0.259. The van der Waals surface area contributed by atoms with E-state index in [1.54, 1.807) is 12.1 Å². The zero-order chi connectivity index (χ0) is 22.8. The molecule has 2 N–H and O–H groups in total. The number of benzene rings is 3. The normalized spacial score (nSPS) is 16.9. The first-order chi connectivity index (χ1) is 16.1. The summed E-state index contributed by atoms with van der Waals surface area (Å²) in [6.07, 6.45) is 0. The molecule has 1 atom stereocenters. The highest BCUT2D eigenvalue weighted by atomic mass is 16.3. The van der Waals surface area contributed by atoms with E-state index < -0.39 is 0 Å². The minimum Gasteiger partial charge on any atom is -0.507 e. The summed E-state index contributed by atoms with van der Waals surface area (Å²) in [4.78, 5) is 14.3. The van der Waals surface area contributed by atoms with Gasteiger partial charge in [-0.3, -0.25) is 4.90 Å². The number of aromatic hydroxyl groups is 1. The zero-order valence-corrected chi connectivity index (χ0v) is 18.7. The number of hydrogen-bond acceptors (Lipinski definition) is 6. The molecule has 0 saturated carbocycles. The molecule has 6 heteroatoms. The van der Waals surface area contributed by atoms with Crippen molar-refractivity contribution in [2.45, 2.75) is 19.5 Å². The summed E-state index contributed by atoms with van der Waals surface area (Å²) in [5.74, 6) is 1.45. The largest absolute Gasteiger partial charge is 0.507 e. The third kappa shape index (κ3) is 4.40. The minimum atomic E-state index is -0.0842. The van der Waals surface area contributed by atoms with Gasteiger partial charge in [0.2, 0.25) is 0 Å². The molecule has 6 nitrogen and oxygen atoms in total. The maximum Gasteiger partial charge on any atom is 0.165 e. The Balaban J connectivity index is 1.52. The van der Waals surface area contributed by atoms with Crippen LogP contribution in [0.1, 0.15) is 11.1 Å². The summed E-state index contributed by atoms with van der Waals surface area (Å²) in [6.45, 7) is 5.30. The molecule has 1 fully saturated rings. The van der Waals surface area contributed by atoms with Crippen molar-refractivity contribution in [1.29, 1.82) is 0 Å². The predicted molar refractivity (Wildman–Crippen MR) is 131 cm³/mol. The number of aryl methyl sites for hydroxylation is 1. The highest BCUT2D eigenvalue weighted by molar-refractivity contribution is 5.92. The second-order valence-electron chi connectivity index (χ2n) is 8.66. The second-order valence-corrected chi connectivity index (χ2v) is 8.66. The number of nitrogens with zero attached hydrogens (tertiary/aromatic N) is 4. The number of rotatable bonds is 5. The van der Waals surface area contributed by atoms with Gasteiger partial charge in [-0.25, -0.2) is 9.97 Å². The molecule has 1 aliphatic heterocycles. The number of aliphatic hydroxyl groups is 1. The Kier molecular flexibility index (Phi) is 5.94. The Labute approximate surface area is 193 Å². The first kappa shape index (κ1) is 21.4. The van der Waals surface area contributed by atoms with Gasteiger partial charge in [0.1, 0.15) is 11.6 Å². The van der Waals surface area contributed by atoms with Gasteiger partial charge in [0.15, 0.2) is 5.82 Å². The molecule has 5 rings (SSSR count). The van der Waals surface area contributed by atoms with Crippen LogP contribution in [0.25, 0.3) is 22.3 Å². The topological polar surface area (TPSA) is 72.7 Å². The maximum absolute atomic E-state index is 10.4. The minimum absolute atomic E-state index is 0.0363. The van der Waals surface area contributed by atoms with Crippen LogP contribution >= 0.6 is 0 Å². The average Bonchev–Trinajstić information content (AvgIpc) is 2.84. The average molecular weight is 441 g/mol. The van der Waals surface area contributed by atoms with E-state index in [4.69, 9.17) is 9.97 Å². The lowest BCUT2D eigenvalue weighted by Gasteiger charge is -2.41. The predicted octanol–water partition coefficient (Wildman–Crippen LogP) is 3.99. The van der Waals surface area contributed by atoms with Gasteiger partial charge in [-0.05, 0) is 42.3 Å². The van der Waals surface area contributed by atoms with Crippen LogP contribution in [0.5, 0.6) is 5.75 Å². The van der Waals surface area contributed by atoms with Gasteiger partial charge in [-0.2, -0.15) is 0 Å². The fourth-order valence-corrected chi connectivity index (χ4v) is 4.56. The molecule has 4 aromatic rings. The van der Waals surface area contributed by atoms with Crippen LogP contribution in [0.4, 0.5) is 5.82 Å². The van der Waals surface area contributed by atoms with Crippen LogP contribution in [0, 0.1) is 6.92 Å². The van der Waals surface area contributed by atoms with Gasteiger partial charge in [-0.15, -0.1) is 0 Å². The lowest BCUT2D eigenvalue weighted by atomic mass is 10.1. The summed E-state index contributed by atoms with van der Waals surface area (Å²) in [5, 5.41) is 21.7. The van der Waals surface area contributed by atoms with E-state index in [9.17, 15) is 10.2 Å². The third-order valence-corrected chi connectivity index (χ3v) is 6.28. The van der Waals surface area contributed by atoms with Crippen LogP contribution in [-0.2, 0) is 6.54 Å². The lowest BCUT2D eigenvalue weighted by molar-refractivity contribution is 0.164. The molecule has 1 unspecified atom stereocenters. The van der Waals surface area contributed by atoms with Gasteiger partial charge >= 0.3 is 0 Å². The van der Waals surface area contributed by atoms with E-state index in [2.05, 4.69) is 46.2 Å². The van der Waals surface area contributed by atoms with Crippen LogP contribution in [0.2, 0.25) is 0 Å². The van der Waals surface area contributed by atoms with Gasteiger partial charge in [0, 0.05) is 31.6 Å². The van der Waals surface area contributed by atoms with Crippen molar-refractivity contribution in [2.75, 3.05) is 31.1 Å². The summed E-state index contributed by atoms with van der Waals surface area (Å²) in [6, 6.07) is 23.7. The van der Waals surface area contributed by atoms with Crippen molar-refractivity contribution in [3.8, 4) is 17.1 Å². The van der Waals surface area contributed by atoms with Crippen molar-refractivity contribution in [2.24, 2.45) is 0 Å². The van der Waals surface area contributed by atoms with Crippen molar-refractivity contribution < 1.29 is 10.2 Å². The Bertz CT molecular complexity index is 1260. The van der Waals surface area contributed by atoms with E-state index in [0.717, 1.165) is 48.5 Å².